The van der Waals surface area contributed by atoms with Crippen LogP contribution >= 0.6 is 0 Å². The molecule has 0 spiro atoms. The Hall–Kier alpha value is -3.15. The van der Waals surface area contributed by atoms with Crippen LogP contribution in [0.3, 0.4) is 0 Å². The van der Waals surface area contributed by atoms with Gasteiger partial charge in [0.1, 0.15) is 6.54 Å². The summed E-state index contributed by atoms with van der Waals surface area (Å²) < 4.78 is 4.91. The Morgan fingerprint density at radius 3 is 2.17 bits per heavy atom. The lowest BCUT2D eigenvalue weighted by atomic mass is 9.87. The Morgan fingerprint density at radius 1 is 0.931 bits per heavy atom. The van der Waals surface area contributed by atoms with Gasteiger partial charge in [-0.15, -0.1) is 0 Å². The molecule has 6 heteroatoms. The van der Waals surface area contributed by atoms with Crippen molar-refractivity contribution in [2.75, 3.05) is 18.5 Å². The molecule has 0 unspecified atom stereocenters. The molecule has 154 valence electrons. The van der Waals surface area contributed by atoms with E-state index in [0.29, 0.717) is 11.3 Å². The van der Waals surface area contributed by atoms with Gasteiger partial charge in [-0.3, -0.25) is 14.4 Å². The average molecular weight is 396 g/mol. The second kappa shape index (κ2) is 9.37. The SMILES string of the molecule is Cc1ccc(NC(=O)COC(=O)CNC(=O)c2ccc(C(C)(C)C)cc2)cc1C. The van der Waals surface area contributed by atoms with Crippen molar-refractivity contribution in [2.24, 2.45) is 0 Å². The van der Waals surface area contributed by atoms with Crippen molar-refractivity contribution in [3.8, 4) is 0 Å². The van der Waals surface area contributed by atoms with Crippen molar-refractivity contribution in [3.63, 3.8) is 0 Å². The molecule has 0 fully saturated rings. The Balaban J connectivity index is 1.76. The van der Waals surface area contributed by atoms with Gasteiger partial charge in [-0.05, 0) is 60.2 Å². The molecule has 2 rings (SSSR count). The van der Waals surface area contributed by atoms with Gasteiger partial charge in [-0.1, -0.05) is 39.0 Å². The number of benzene rings is 2. The molecule has 0 aliphatic carbocycles. The fourth-order valence-electron chi connectivity index (χ4n) is 2.59. The first-order valence-corrected chi connectivity index (χ1v) is 9.48. The molecule has 0 aliphatic heterocycles. The number of ether oxygens (including phenoxy) is 1. The second-order valence-electron chi connectivity index (χ2n) is 8.02. The van der Waals surface area contributed by atoms with Gasteiger partial charge in [0, 0.05) is 11.3 Å². The van der Waals surface area contributed by atoms with Crippen LogP contribution in [-0.2, 0) is 19.7 Å². The van der Waals surface area contributed by atoms with Gasteiger partial charge in [0.2, 0.25) is 0 Å². The van der Waals surface area contributed by atoms with Crippen molar-refractivity contribution in [3.05, 3.63) is 64.7 Å². The van der Waals surface area contributed by atoms with Gasteiger partial charge >= 0.3 is 5.97 Å². The zero-order valence-corrected chi connectivity index (χ0v) is 17.6. The maximum Gasteiger partial charge on any atom is 0.325 e. The molecule has 2 aromatic rings. The number of esters is 1. The fraction of sp³-hybridized carbons (Fsp3) is 0.348. The van der Waals surface area contributed by atoms with Crippen LogP contribution in [0.15, 0.2) is 42.5 Å². The first-order chi connectivity index (χ1) is 13.6. The molecule has 0 bridgehead atoms. The summed E-state index contributed by atoms with van der Waals surface area (Å²) in [5.41, 5.74) is 4.38. The Bertz CT molecular complexity index is 896. The quantitative estimate of drug-likeness (QED) is 0.732. The van der Waals surface area contributed by atoms with Crippen LogP contribution in [0.4, 0.5) is 5.69 Å². The first-order valence-electron chi connectivity index (χ1n) is 9.48. The van der Waals surface area contributed by atoms with E-state index in [1.807, 2.05) is 38.1 Å². The molecule has 0 saturated carbocycles. The maximum absolute atomic E-state index is 12.2. The second-order valence-corrected chi connectivity index (χ2v) is 8.02. The number of nitrogens with one attached hydrogen (secondary N) is 2. The summed E-state index contributed by atoms with van der Waals surface area (Å²) in [7, 11) is 0. The summed E-state index contributed by atoms with van der Waals surface area (Å²) in [4.78, 5) is 35.9. The van der Waals surface area contributed by atoms with Gasteiger partial charge in [0.15, 0.2) is 6.61 Å². The Morgan fingerprint density at radius 2 is 1.59 bits per heavy atom. The molecule has 6 nitrogen and oxygen atoms in total. The highest BCUT2D eigenvalue weighted by Gasteiger charge is 2.15. The van der Waals surface area contributed by atoms with Crippen LogP contribution < -0.4 is 10.6 Å². The Kier molecular flexibility index (Phi) is 7.15. The first kappa shape index (κ1) is 22.1. The highest BCUT2D eigenvalue weighted by molar-refractivity contribution is 5.96. The van der Waals surface area contributed by atoms with E-state index < -0.39 is 18.5 Å². The molecule has 2 aromatic carbocycles. The van der Waals surface area contributed by atoms with Gasteiger partial charge < -0.3 is 15.4 Å². The lowest BCUT2D eigenvalue weighted by molar-refractivity contribution is -0.146. The van der Waals surface area contributed by atoms with Crippen molar-refractivity contribution >= 4 is 23.5 Å². The lowest BCUT2D eigenvalue weighted by Gasteiger charge is -2.19. The molecular formula is C23H28N2O4. The van der Waals surface area contributed by atoms with Crippen LogP contribution in [0.25, 0.3) is 0 Å². The number of rotatable bonds is 6. The third-order valence-electron chi connectivity index (χ3n) is 4.56. The minimum atomic E-state index is -0.681. The molecule has 0 heterocycles. The molecule has 0 aromatic heterocycles. The van der Waals surface area contributed by atoms with Crippen molar-refractivity contribution in [2.45, 2.75) is 40.0 Å². The topological polar surface area (TPSA) is 84.5 Å². The molecule has 0 radical (unpaired) electrons. The summed E-state index contributed by atoms with van der Waals surface area (Å²) in [5, 5.41) is 5.17. The van der Waals surface area contributed by atoms with Gasteiger partial charge in [0.25, 0.3) is 11.8 Å². The van der Waals surface area contributed by atoms with Crippen LogP contribution in [0, 0.1) is 13.8 Å². The third kappa shape index (κ3) is 6.75. The highest BCUT2D eigenvalue weighted by Crippen LogP contribution is 2.22. The number of carbonyl (C=O) groups excluding carboxylic acids is 3. The van der Waals surface area contributed by atoms with E-state index in [4.69, 9.17) is 4.74 Å². The van der Waals surface area contributed by atoms with Crippen LogP contribution in [0.5, 0.6) is 0 Å². The van der Waals surface area contributed by atoms with E-state index in [9.17, 15) is 14.4 Å². The molecule has 0 aliphatic rings. The van der Waals surface area contributed by atoms with E-state index in [2.05, 4.69) is 31.4 Å². The number of hydrogen-bond acceptors (Lipinski definition) is 4. The van der Waals surface area contributed by atoms with Crippen molar-refractivity contribution in [1.29, 1.82) is 0 Å². The van der Waals surface area contributed by atoms with Gasteiger partial charge in [-0.2, -0.15) is 0 Å². The standard InChI is InChI=1S/C23H28N2O4/c1-15-6-11-19(12-16(15)2)25-20(26)14-29-21(27)13-24-22(28)17-7-9-18(10-8-17)23(3,4)5/h6-12H,13-14H2,1-5H3,(H,24,28)(H,25,26). The molecular weight excluding hydrogens is 368 g/mol. The van der Waals surface area contributed by atoms with E-state index in [1.165, 1.54) is 0 Å². The summed E-state index contributed by atoms with van der Waals surface area (Å²) >= 11 is 0. The molecule has 29 heavy (non-hydrogen) atoms. The molecule has 0 atom stereocenters. The predicted octanol–water partition coefficient (Wildman–Crippen LogP) is 3.51. The summed E-state index contributed by atoms with van der Waals surface area (Å²) in [5.74, 6) is -1.49. The van der Waals surface area contributed by atoms with Crippen LogP contribution in [0.1, 0.15) is 47.8 Å². The molecule has 0 saturated heterocycles. The minimum Gasteiger partial charge on any atom is -0.454 e. The van der Waals surface area contributed by atoms with Crippen LogP contribution in [0.2, 0.25) is 0 Å². The fourth-order valence-corrected chi connectivity index (χ4v) is 2.59. The zero-order chi connectivity index (χ0) is 21.6. The van der Waals surface area contributed by atoms with E-state index in [1.54, 1.807) is 18.2 Å². The van der Waals surface area contributed by atoms with Gasteiger partial charge in [0.05, 0.1) is 0 Å². The average Bonchev–Trinajstić information content (AvgIpc) is 2.66. The van der Waals surface area contributed by atoms with E-state index >= 15 is 0 Å². The van der Waals surface area contributed by atoms with E-state index in [0.717, 1.165) is 16.7 Å². The van der Waals surface area contributed by atoms with Gasteiger partial charge in [-0.25, -0.2) is 0 Å². The molecule has 2 N–H and O–H groups in total. The maximum atomic E-state index is 12.2. The predicted molar refractivity (Wildman–Crippen MR) is 113 cm³/mol. The van der Waals surface area contributed by atoms with E-state index in [-0.39, 0.29) is 17.9 Å². The number of aryl methyl sites for hydroxylation is 2. The summed E-state index contributed by atoms with van der Waals surface area (Å²) in [6, 6.07) is 12.8. The summed E-state index contributed by atoms with van der Waals surface area (Å²) in [6.45, 7) is 9.48. The normalized spacial score (nSPS) is 10.9. The lowest BCUT2D eigenvalue weighted by Crippen LogP contribution is -2.32. The monoisotopic (exact) mass is 396 g/mol. The molecule has 2 amide bonds. The number of anilines is 1. The highest BCUT2D eigenvalue weighted by atomic mass is 16.5. The third-order valence-corrected chi connectivity index (χ3v) is 4.56. The number of hydrogen-bond donors (Lipinski definition) is 2. The zero-order valence-electron chi connectivity index (χ0n) is 17.6. The van der Waals surface area contributed by atoms with Crippen LogP contribution in [-0.4, -0.2) is 30.9 Å². The smallest absolute Gasteiger partial charge is 0.325 e. The number of amides is 2. The minimum absolute atomic E-state index is 0.00331. The van der Waals surface area contributed by atoms with Crippen molar-refractivity contribution in [1.82, 2.24) is 5.32 Å². The largest absolute Gasteiger partial charge is 0.454 e. The summed E-state index contributed by atoms with van der Waals surface area (Å²) in [6.07, 6.45) is 0. The number of carbonyl (C=O) groups is 3. The van der Waals surface area contributed by atoms with Crippen molar-refractivity contribution < 1.29 is 19.1 Å². The Labute approximate surface area is 171 Å².